The maximum atomic E-state index is 12.5. The summed E-state index contributed by atoms with van der Waals surface area (Å²) in [4.78, 5) is 13.8. The van der Waals surface area contributed by atoms with E-state index in [1.807, 2.05) is 0 Å². The highest BCUT2D eigenvalue weighted by atomic mass is 32.2. The fraction of sp³-hybridized carbons (Fsp3) is 0.429. The van der Waals surface area contributed by atoms with Crippen LogP contribution in [0.15, 0.2) is 36.5 Å². The van der Waals surface area contributed by atoms with Crippen LogP contribution in [0.4, 0.5) is 34.5 Å². The summed E-state index contributed by atoms with van der Waals surface area (Å²) < 4.78 is 43.4. The number of sulfonamides is 1. The zero-order valence-electron chi connectivity index (χ0n) is 24.1. The van der Waals surface area contributed by atoms with E-state index in [0.29, 0.717) is 53.6 Å². The van der Waals surface area contributed by atoms with Gasteiger partial charge in [-0.3, -0.25) is 4.31 Å². The van der Waals surface area contributed by atoms with Gasteiger partial charge in [0.1, 0.15) is 30.5 Å². The molecule has 2 aromatic carbocycles. The van der Waals surface area contributed by atoms with Crippen molar-refractivity contribution in [3.63, 3.8) is 0 Å². The van der Waals surface area contributed by atoms with Crippen molar-refractivity contribution in [2.24, 2.45) is 0 Å². The maximum absolute atomic E-state index is 12.5. The molecule has 3 aromatic rings. The topological polar surface area (TPSA) is 121 Å². The number of hydrogen-bond acceptors (Lipinski definition) is 11. The van der Waals surface area contributed by atoms with Crippen LogP contribution >= 0.6 is 0 Å². The van der Waals surface area contributed by atoms with Crippen LogP contribution in [0.25, 0.3) is 0 Å². The minimum absolute atomic E-state index is 0.317. The van der Waals surface area contributed by atoms with E-state index >= 15 is 0 Å². The molecule has 2 aliphatic heterocycles. The van der Waals surface area contributed by atoms with E-state index in [9.17, 15) is 8.42 Å². The molecule has 220 valence electrons. The molecule has 0 saturated carbocycles. The van der Waals surface area contributed by atoms with Crippen molar-refractivity contribution in [2.75, 3.05) is 86.7 Å². The van der Waals surface area contributed by atoms with Gasteiger partial charge < -0.3 is 34.6 Å². The van der Waals surface area contributed by atoms with Gasteiger partial charge in [-0.05, 0) is 43.3 Å². The van der Waals surface area contributed by atoms with Gasteiger partial charge in [-0.15, -0.1) is 0 Å². The molecule has 1 fully saturated rings. The number of fused-ring (bicyclic) bond motifs is 1. The Balaban J connectivity index is 1.43. The number of nitrogens with zero attached hydrogens (tertiary/aromatic N) is 5. The number of nitrogens with one attached hydrogen (secondary N) is 2. The standard InChI is InChI=1S/C28H37N7O5S/c1-6-19-17-21(24(38-4)18-22(19)35-13-11-33(2)12-14-35)31-28-29-10-9-25(32-28)30-20-7-8-23-27(40-16-15-39-23)26(20)34(3)41(5,36)37/h7-10,17-18H,6,11-16H2,1-5H3,(H2,29,30,31,32). The summed E-state index contributed by atoms with van der Waals surface area (Å²) in [5.41, 5.74) is 3.98. The highest BCUT2D eigenvalue weighted by molar-refractivity contribution is 7.92. The van der Waals surface area contributed by atoms with Crippen molar-refractivity contribution in [3.05, 3.63) is 42.1 Å². The molecule has 2 N–H and O–H groups in total. The molecule has 5 rings (SSSR count). The van der Waals surface area contributed by atoms with Gasteiger partial charge in [0.15, 0.2) is 11.5 Å². The lowest BCUT2D eigenvalue weighted by molar-refractivity contribution is 0.172. The number of aryl methyl sites for hydroxylation is 1. The highest BCUT2D eigenvalue weighted by Crippen LogP contribution is 2.46. The second-order valence-electron chi connectivity index (χ2n) is 10.1. The van der Waals surface area contributed by atoms with Gasteiger partial charge in [0.2, 0.25) is 16.0 Å². The predicted molar refractivity (Wildman–Crippen MR) is 161 cm³/mol. The first kappa shape index (κ1) is 28.6. The molecule has 0 unspecified atom stereocenters. The van der Waals surface area contributed by atoms with Crippen molar-refractivity contribution in [2.45, 2.75) is 13.3 Å². The quantitative estimate of drug-likeness (QED) is 0.385. The van der Waals surface area contributed by atoms with E-state index < -0.39 is 10.0 Å². The van der Waals surface area contributed by atoms with Crippen LogP contribution in [0, 0.1) is 0 Å². The summed E-state index contributed by atoms with van der Waals surface area (Å²) in [7, 11) is 1.69. The van der Waals surface area contributed by atoms with Gasteiger partial charge in [0.05, 0.1) is 24.7 Å². The molecule has 2 aliphatic rings. The molecule has 0 spiro atoms. The summed E-state index contributed by atoms with van der Waals surface area (Å²) in [6.45, 7) is 6.82. The Bertz CT molecular complexity index is 1510. The summed E-state index contributed by atoms with van der Waals surface area (Å²) >= 11 is 0. The lowest BCUT2D eigenvalue weighted by Crippen LogP contribution is -2.44. The second-order valence-corrected chi connectivity index (χ2v) is 12.1. The first-order valence-electron chi connectivity index (χ1n) is 13.6. The number of rotatable bonds is 9. The average Bonchev–Trinajstić information content (AvgIpc) is 2.96. The molecular weight excluding hydrogens is 546 g/mol. The smallest absolute Gasteiger partial charge is 0.232 e. The van der Waals surface area contributed by atoms with E-state index in [4.69, 9.17) is 14.2 Å². The summed E-state index contributed by atoms with van der Waals surface area (Å²) in [6, 6.07) is 9.37. The van der Waals surface area contributed by atoms with Crippen LogP contribution in [0.2, 0.25) is 0 Å². The number of piperazine rings is 1. The van der Waals surface area contributed by atoms with Crippen LogP contribution < -0.4 is 34.0 Å². The molecule has 12 nitrogen and oxygen atoms in total. The van der Waals surface area contributed by atoms with Crippen LogP contribution in [0.3, 0.4) is 0 Å². The number of aromatic nitrogens is 2. The minimum Gasteiger partial charge on any atom is -0.494 e. The van der Waals surface area contributed by atoms with Crippen LogP contribution in [0.1, 0.15) is 12.5 Å². The first-order valence-corrected chi connectivity index (χ1v) is 15.4. The fourth-order valence-corrected chi connectivity index (χ4v) is 5.45. The van der Waals surface area contributed by atoms with Crippen molar-refractivity contribution in [3.8, 4) is 17.2 Å². The maximum Gasteiger partial charge on any atom is 0.232 e. The largest absolute Gasteiger partial charge is 0.494 e. The van der Waals surface area contributed by atoms with Gasteiger partial charge in [-0.1, -0.05) is 6.92 Å². The van der Waals surface area contributed by atoms with E-state index in [1.165, 1.54) is 22.6 Å². The van der Waals surface area contributed by atoms with Crippen molar-refractivity contribution in [1.82, 2.24) is 14.9 Å². The monoisotopic (exact) mass is 583 g/mol. The number of anilines is 6. The molecule has 3 heterocycles. The van der Waals surface area contributed by atoms with Crippen LogP contribution in [-0.4, -0.2) is 90.1 Å². The van der Waals surface area contributed by atoms with Crippen LogP contribution in [-0.2, 0) is 16.4 Å². The normalized spacial score (nSPS) is 15.4. The van der Waals surface area contributed by atoms with Crippen LogP contribution in [0.5, 0.6) is 17.2 Å². The summed E-state index contributed by atoms with van der Waals surface area (Å²) in [5, 5.41) is 6.54. The molecule has 41 heavy (non-hydrogen) atoms. The number of benzene rings is 2. The third kappa shape index (κ3) is 6.20. The zero-order chi connectivity index (χ0) is 29.1. The lowest BCUT2D eigenvalue weighted by Gasteiger charge is -2.35. The number of likely N-dealkylation sites (N-methyl/N-ethyl adjacent to an activating group) is 1. The molecule has 1 saturated heterocycles. The highest BCUT2D eigenvalue weighted by Gasteiger charge is 2.27. The minimum atomic E-state index is -3.59. The summed E-state index contributed by atoms with van der Waals surface area (Å²) in [5.74, 6) is 2.36. The molecule has 0 aliphatic carbocycles. The van der Waals surface area contributed by atoms with Gasteiger partial charge in [0.25, 0.3) is 0 Å². The lowest BCUT2D eigenvalue weighted by atomic mass is 10.1. The number of methoxy groups -OCH3 is 1. The molecule has 0 bridgehead atoms. The first-order chi connectivity index (χ1) is 19.7. The Morgan fingerprint density at radius 3 is 2.51 bits per heavy atom. The van der Waals surface area contributed by atoms with Gasteiger partial charge in [0, 0.05) is 51.2 Å². The third-order valence-corrected chi connectivity index (χ3v) is 8.46. The molecule has 0 atom stereocenters. The zero-order valence-corrected chi connectivity index (χ0v) is 24.9. The second kappa shape index (κ2) is 11.9. The fourth-order valence-electron chi connectivity index (χ4n) is 4.93. The van der Waals surface area contributed by atoms with Crippen molar-refractivity contribution < 1.29 is 22.6 Å². The Hall–Kier alpha value is -3.97. The number of hydrogen-bond donors (Lipinski definition) is 2. The molecule has 13 heteroatoms. The Kier molecular flexibility index (Phi) is 8.27. The Morgan fingerprint density at radius 1 is 1.05 bits per heavy atom. The van der Waals surface area contributed by atoms with E-state index in [-0.39, 0.29) is 0 Å². The van der Waals surface area contributed by atoms with E-state index in [1.54, 1.807) is 31.5 Å². The van der Waals surface area contributed by atoms with Crippen molar-refractivity contribution >= 4 is 44.5 Å². The molecule has 0 radical (unpaired) electrons. The summed E-state index contributed by atoms with van der Waals surface area (Å²) in [6.07, 6.45) is 3.63. The van der Waals surface area contributed by atoms with Gasteiger partial charge in [-0.25, -0.2) is 13.4 Å². The predicted octanol–water partition coefficient (Wildman–Crippen LogP) is 3.45. The molecular formula is C28H37N7O5S. The van der Waals surface area contributed by atoms with Gasteiger partial charge >= 0.3 is 0 Å². The Morgan fingerprint density at radius 2 is 1.80 bits per heavy atom. The van der Waals surface area contributed by atoms with Gasteiger partial charge in [-0.2, -0.15) is 4.98 Å². The van der Waals surface area contributed by atoms with E-state index in [0.717, 1.165) is 44.5 Å². The Labute approximate surface area is 241 Å². The van der Waals surface area contributed by atoms with Crippen molar-refractivity contribution in [1.29, 1.82) is 0 Å². The third-order valence-electron chi connectivity index (χ3n) is 7.29. The average molecular weight is 584 g/mol. The van der Waals surface area contributed by atoms with E-state index in [2.05, 4.69) is 56.5 Å². The molecule has 1 aromatic heterocycles. The SMILES string of the molecule is CCc1cc(Nc2nccc(Nc3ccc4c(c3N(C)S(C)(=O)=O)OCCO4)n2)c(OC)cc1N1CCN(C)CC1. The molecule has 0 amide bonds. The number of ether oxygens (including phenoxy) is 3.